The third-order valence-corrected chi connectivity index (χ3v) is 1.62. The monoisotopic (exact) mass is 229 g/mol. The van der Waals surface area contributed by atoms with Gasteiger partial charge in [0.1, 0.15) is 6.61 Å². The van der Waals surface area contributed by atoms with Crippen LogP contribution in [0.25, 0.3) is 0 Å². The van der Waals surface area contributed by atoms with Crippen molar-refractivity contribution < 1.29 is 23.5 Å². The van der Waals surface area contributed by atoms with Crippen LogP contribution in [0.5, 0.6) is 0 Å². The van der Waals surface area contributed by atoms with Crippen molar-refractivity contribution in [2.24, 2.45) is 0 Å². The van der Waals surface area contributed by atoms with Crippen LogP contribution < -0.4 is 0 Å². The lowest BCUT2D eigenvalue weighted by molar-refractivity contribution is 0.0409. The van der Waals surface area contributed by atoms with Gasteiger partial charge in [-0.05, 0) is 0 Å². The average molecular weight is 229 g/mol. The standard InChI is InChI=1S/C6H13O5PS/c7-12(8)11-4-3-9-1-2-10-5-6-13/h1-6H2,(H-,7,8,13)/p+1. The summed E-state index contributed by atoms with van der Waals surface area (Å²) >= 11 is 3.96. The Kier molecular flexibility index (Phi) is 10.6. The molecule has 1 atom stereocenters. The van der Waals surface area contributed by atoms with Gasteiger partial charge >= 0.3 is 8.25 Å². The summed E-state index contributed by atoms with van der Waals surface area (Å²) in [6.45, 7) is 1.99. The predicted octanol–water partition coefficient (Wildman–Crippen LogP) is 0.616. The molecule has 0 saturated heterocycles. The van der Waals surface area contributed by atoms with Gasteiger partial charge in [0.05, 0.1) is 26.4 Å². The first-order valence-electron chi connectivity index (χ1n) is 3.82. The van der Waals surface area contributed by atoms with Gasteiger partial charge in [-0.25, -0.2) is 0 Å². The molecular weight excluding hydrogens is 215 g/mol. The van der Waals surface area contributed by atoms with Crippen molar-refractivity contribution in [1.82, 2.24) is 0 Å². The van der Waals surface area contributed by atoms with E-state index in [9.17, 15) is 4.57 Å². The van der Waals surface area contributed by atoms with Crippen molar-refractivity contribution >= 4 is 20.9 Å². The normalized spacial score (nSPS) is 11.7. The molecule has 0 aromatic rings. The van der Waals surface area contributed by atoms with Crippen LogP contribution in [0.1, 0.15) is 0 Å². The first kappa shape index (κ1) is 13.3. The van der Waals surface area contributed by atoms with Crippen LogP contribution in [0.3, 0.4) is 0 Å². The molecule has 7 heteroatoms. The van der Waals surface area contributed by atoms with E-state index in [0.29, 0.717) is 32.2 Å². The molecule has 0 aromatic heterocycles. The number of hydrogen-bond donors (Lipinski definition) is 2. The average Bonchev–Trinajstić information content (AvgIpc) is 2.09. The van der Waals surface area contributed by atoms with Crippen LogP contribution >= 0.6 is 20.9 Å². The Balaban J connectivity index is 2.87. The van der Waals surface area contributed by atoms with Gasteiger partial charge in [0, 0.05) is 10.3 Å². The van der Waals surface area contributed by atoms with Crippen molar-refractivity contribution in [2.45, 2.75) is 0 Å². The second-order valence-corrected chi connectivity index (χ2v) is 3.20. The highest BCUT2D eigenvalue weighted by molar-refractivity contribution is 7.80. The van der Waals surface area contributed by atoms with Crippen LogP contribution in [0, 0.1) is 0 Å². The summed E-state index contributed by atoms with van der Waals surface area (Å²) in [7, 11) is -2.50. The fourth-order valence-corrected chi connectivity index (χ4v) is 0.921. The van der Waals surface area contributed by atoms with E-state index < -0.39 is 8.25 Å². The van der Waals surface area contributed by atoms with Crippen molar-refractivity contribution in [1.29, 1.82) is 0 Å². The summed E-state index contributed by atoms with van der Waals surface area (Å²) < 4.78 is 24.4. The number of ether oxygens (including phenoxy) is 2. The molecular formula is C6H14O5PS+. The van der Waals surface area contributed by atoms with Crippen LogP contribution in [0.2, 0.25) is 0 Å². The first-order valence-corrected chi connectivity index (χ1v) is 5.59. The van der Waals surface area contributed by atoms with Crippen LogP contribution in [-0.2, 0) is 18.6 Å². The van der Waals surface area contributed by atoms with Crippen molar-refractivity contribution in [3.05, 3.63) is 0 Å². The summed E-state index contributed by atoms with van der Waals surface area (Å²) in [5.41, 5.74) is 0. The molecule has 0 aliphatic carbocycles. The summed E-state index contributed by atoms with van der Waals surface area (Å²) in [6, 6.07) is 0. The molecule has 1 N–H and O–H groups in total. The van der Waals surface area contributed by atoms with Gasteiger partial charge in [-0.15, -0.1) is 9.42 Å². The van der Waals surface area contributed by atoms with E-state index in [1.165, 1.54) is 0 Å². The van der Waals surface area contributed by atoms with Gasteiger partial charge in [0.15, 0.2) is 0 Å². The number of rotatable bonds is 9. The summed E-state index contributed by atoms with van der Waals surface area (Å²) in [5, 5.41) is 0. The molecule has 0 radical (unpaired) electrons. The van der Waals surface area contributed by atoms with Crippen LogP contribution in [0.4, 0.5) is 0 Å². The van der Waals surface area contributed by atoms with Crippen LogP contribution in [-0.4, -0.2) is 43.7 Å². The van der Waals surface area contributed by atoms with Gasteiger partial charge in [-0.1, -0.05) is 0 Å². The molecule has 0 amide bonds. The fraction of sp³-hybridized carbons (Fsp3) is 1.00. The van der Waals surface area contributed by atoms with Gasteiger partial charge in [-0.3, -0.25) is 0 Å². The molecule has 0 heterocycles. The van der Waals surface area contributed by atoms with E-state index in [1.807, 2.05) is 0 Å². The largest absolute Gasteiger partial charge is 0.694 e. The highest BCUT2D eigenvalue weighted by Crippen LogP contribution is 2.12. The van der Waals surface area contributed by atoms with Gasteiger partial charge in [-0.2, -0.15) is 12.6 Å². The Bertz CT molecular complexity index is 134. The zero-order valence-electron chi connectivity index (χ0n) is 7.22. The Labute approximate surface area is 83.7 Å². The Hall–Kier alpha value is 0.290. The molecule has 0 fully saturated rings. The maximum atomic E-state index is 10.0. The van der Waals surface area contributed by atoms with E-state index in [4.69, 9.17) is 14.4 Å². The molecule has 0 aliphatic rings. The molecule has 0 aliphatic heterocycles. The van der Waals surface area contributed by atoms with Gasteiger partial charge < -0.3 is 9.47 Å². The van der Waals surface area contributed by atoms with Crippen LogP contribution in [0.15, 0.2) is 0 Å². The zero-order valence-corrected chi connectivity index (χ0v) is 9.01. The van der Waals surface area contributed by atoms with Crippen molar-refractivity contribution in [2.75, 3.05) is 38.8 Å². The molecule has 0 aromatic carbocycles. The fourth-order valence-electron chi connectivity index (χ4n) is 0.561. The second kappa shape index (κ2) is 10.4. The second-order valence-electron chi connectivity index (χ2n) is 2.02. The molecule has 0 rings (SSSR count). The molecule has 0 saturated carbocycles. The van der Waals surface area contributed by atoms with E-state index in [-0.39, 0.29) is 6.61 Å². The zero-order chi connectivity index (χ0) is 9.94. The quantitative estimate of drug-likeness (QED) is 0.344. The topological polar surface area (TPSA) is 65.0 Å². The summed E-state index contributed by atoms with van der Waals surface area (Å²) in [6.07, 6.45) is 0. The molecule has 13 heavy (non-hydrogen) atoms. The van der Waals surface area contributed by atoms with Gasteiger partial charge in [0.25, 0.3) is 0 Å². The van der Waals surface area contributed by atoms with E-state index >= 15 is 0 Å². The van der Waals surface area contributed by atoms with Gasteiger partial charge in [0.2, 0.25) is 0 Å². The number of thiol groups is 1. The molecule has 0 bridgehead atoms. The highest BCUT2D eigenvalue weighted by Gasteiger charge is 2.09. The third kappa shape index (κ3) is 12.3. The lowest BCUT2D eigenvalue weighted by Crippen LogP contribution is -2.08. The van der Waals surface area contributed by atoms with Crippen molar-refractivity contribution in [3.8, 4) is 0 Å². The first-order chi connectivity index (χ1) is 6.27. The molecule has 0 spiro atoms. The maximum absolute atomic E-state index is 10.0. The lowest BCUT2D eigenvalue weighted by Gasteiger charge is -2.02. The minimum atomic E-state index is -2.50. The number of hydrogen-bond acceptors (Lipinski definition) is 5. The highest BCUT2D eigenvalue weighted by atomic mass is 32.1. The lowest BCUT2D eigenvalue weighted by atomic mass is 10.7. The minimum Gasteiger partial charge on any atom is -0.378 e. The van der Waals surface area contributed by atoms with Crippen molar-refractivity contribution in [3.63, 3.8) is 0 Å². The van der Waals surface area contributed by atoms with E-state index in [0.717, 1.165) is 0 Å². The molecule has 1 unspecified atom stereocenters. The maximum Gasteiger partial charge on any atom is 0.694 e. The smallest absolute Gasteiger partial charge is 0.378 e. The summed E-state index contributed by atoms with van der Waals surface area (Å²) in [5.74, 6) is 0.689. The Morgan fingerprint density at radius 3 is 2.15 bits per heavy atom. The summed E-state index contributed by atoms with van der Waals surface area (Å²) in [4.78, 5) is 8.22. The van der Waals surface area contributed by atoms with E-state index in [1.54, 1.807) is 0 Å². The Morgan fingerprint density at radius 1 is 1.08 bits per heavy atom. The minimum absolute atomic E-state index is 0.123. The third-order valence-electron chi connectivity index (χ3n) is 1.04. The van der Waals surface area contributed by atoms with E-state index in [2.05, 4.69) is 17.2 Å². The predicted molar refractivity (Wildman–Crippen MR) is 51.3 cm³/mol. The molecule has 78 valence electrons. The SMILES string of the molecule is O=[P+](O)OCCOCCOCCS. The Morgan fingerprint density at radius 2 is 1.62 bits per heavy atom. The molecule has 5 nitrogen and oxygen atoms in total.